The van der Waals surface area contributed by atoms with E-state index < -0.39 is 0 Å². The number of hydrogen-bond acceptors (Lipinski definition) is 7. The van der Waals surface area contributed by atoms with E-state index in [2.05, 4.69) is 20.9 Å². The Bertz CT molecular complexity index is 174. The minimum absolute atomic E-state index is 0.180. The van der Waals surface area contributed by atoms with Gasteiger partial charge in [-0.1, -0.05) is 0 Å². The first-order chi connectivity index (χ1) is 9.35. The molecule has 19 heavy (non-hydrogen) atoms. The van der Waals surface area contributed by atoms with Crippen LogP contribution >= 0.6 is 0 Å². The summed E-state index contributed by atoms with van der Waals surface area (Å²) >= 11 is 0. The van der Waals surface area contributed by atoms with Gasteiger partial charge in [-0.05, 0) is 0 Å². The number of nitrogens with two attached hydrogens (primary N) is 1. The van der Waals surface area contributed by atoms with Gasteiger partial charge in [-0.25, -0.2) is 0 Å². The maximum Gasteiger partial charge on any atom is 0.0555 e. The van der Waals surface area contributed by atoms with Gasteiger partial charge in [-0.2, -0.15) is 0 Å². The third kappa shape index (κ3) is 13.9. The van der Waals surface area contributed by atoms with E-state index in [1.807, 2.05) is 0 Å². The Morgan fingerprint density at radius 2 is 1.16 bits per heavy atom. The monoisotopic (exact) mass is 277 g/mol. The third-order valence-electron chi connectivity index (χ3n) is 2.71. The van der Waals surface area contributed by atoms with E-state index in [-0.39, 0.29) is 13.2 Å². The summed E-state index contributed by atoms with van der Waals surface area (Å²) in [4.78, 5) is 2.30. The highest BCUT2D eigenvalue weighted by Crippen LogP contribution is 1.84. The van der Waals surface area contributed by atoms with E-state index >= 15 is 0 Å². The second-order valence-electron chi connectivity index (χ2n) is 4.33. The molecule has 7 heteroatoms. The summed E-state index contributed by atoms with van der Waals surface area (Å²) < 4.78 is 0. The number of nitrogens with zero attached hydrogens (tertiary/aromatic N) is 1. The van der Waals surface area contributed by atoms with Crippen LogP contribution in [0.5, 0.6) is 0 Å². The fraction of sp³-hybridized carbons (Fsp3) is 1.00. The molecule has 0 spiro atoms. The molecule has 0 aromatic carbocycles. The minimum atomic E-state index is 0.180. The molecule has 0 unspecified atom stereocenters. The zero-order valence-corrected chi connectivity index (χ0v) is 11.9. The molecule has 0 rings (SSSR count). The first-order valence-electron chi connectivity index (χ1n) is 7.11. The van der Waals surface area contributed by atoms with E-state index in [1.165, 1.54) is 0 Å². The molecular formula is C12H31N5O2. The second kappa shape index (κ2) is 15.8. The van der Waals surface area contributed by atoms with E-state index in [9.17, 15) is 0 Å². The van der Waals surface area contributed by atoms with Gasteiger partial charge in [-0.15, -0.1) is 0 Å². The molecule has 0 atom stereocenters. The molecule has 7 nitrogen and oxygen atoms in total. The summed E-state index contributed by atoms with van der Waals surface area (Å²) in [5.74, 6) is 0. The molecule has 0 bridgehead atoms. The van der Waals surface area contributed by atoms with E-state index in [4.69, 9.17) is 15.9 Å². The van der Waals surface area contributed by atoms with Gasteiger partial charge in [0.25, 0.3) is 0 Å². The van der Waals surface area contributed by atoms with Gasteiger partial charge in [0.2, 0.25) is 0 Å². The quantitative estimate of drug-likeness (QED) is 0.177. The molecule has 0 aromatic heterocycles. The van der Waals surface area contributed by atoms with E-state index in [0.717, 1.165) is 45.8 Å². The highest BCUT2D eigenvalue weighted by molar-refractivity contribution is 4.63. The van der Waals surface area contributed by atoms with Crippen LogP contribution in [0.4, 0.5) is 0 Å². The van der Waals surface area contributed by atoms with Crippen molar-refractivity contribution in [2.75, 3.05) is 78.7 Å². The third-order valence-corrected chi connectivity index (χ3v) is 2.71. The second-order valence-corrected chi connectivity index (χ2v) is 4.33. The standard InChI is InChI=1S/C12H31N5O2/c13-1-8-17(10-5-16-7-12-19)9-4-14-2-3-15-6-11-18/h14-16,18-19H,1-13H2. The summed E-state index contributed by atoms with van der Waals surface area (Å²) in [6.45, 7) is 8.71. The lowest BCUT2D eigenvalue weighted by Crippen LogP contribution is -2.41. The molecule has 0 amide bonds. The molecule has 7 N–H and O–H groups in total. The smallest absolute Gasteiger partial charge is 0.0555 e. The highest BCUT2D eigenvalue weighted by atomic mass is 16.3. The summed E-state index contributed by atoms with van der Waals surface area (Å²) in [7, 11) is 0. The SMILES string of the molecule is NCCN(CCNCCO)CCNCCNCCO. The lowest BCUT2D eigenvalue weighted by atomic mass is 10.4. The average Bonchev–Trinajstić information content (AvgIpc) is 2.42. The molecule has 0 aliphatic carbocycles. The molecule has 116 valence electrons. The van der Waals surface area contributed by atoms with E-state index in [1.54, 1.807) is 0 Å². The van der Waals surface area contributed by atoms with Crippen molar-refractivity contribution in [1.82, 2.24) is 20.9 Å². The molecule has 0 saturated heterocycles. The van der Waals surface area contributed by atoms with Gasteiger partial charge in [0, 0.05) is 65.4 Å². The van der Waals surface area contributed by atoms with Crippen LogP contribution in [0.2, 0.25) is 0 Å². The first kappa shape index (κ1) is 18.7. The lowest BCUT2D eigenvalue weighted by molar-refractivity contribution is 0.264. The number of aliphatic hydroxyl groups excluding tert-OH is 2. The highest BCUT2D eigenvalue weighted by Gasteiger charge is 2.02. The van der Waals surface area contributed by atoms with Crippen LogP contribution in [0.3, 0.4) is 0 Å². The van der Waals surface area contributed by atoms with Gasteiger partial charge in [0.15, 0.2) is 0 Å². The zero-order chi connectivity index (χ0) is 14.2. The van der Waals surface area contributed by atoms with E-state index in [0.29, 0.717) is 19.6 Å². The molecule has 0 radical (unpaired) electrons. The van der Waals surface area contributed by atoms with Crippen molar-refractivity contribution in [3.8, 4) is 0 Å². The summed E-state index contributed by atoms with van der Waals surface area (Å²) in [6.07, 6.45) is 0. The van der Waals surface area contributed by atoms with Crippen molar-refractivity contribution < 1.29 is 10.2 Å². The maximum atomic E-state index is 8.67. The van der Waals surface area contributed by atoms with Crippen molar-refractivity contribution in [3.63, 3.8) is 0 Å². The van der Waals surface area contributed by atoms with Gasteiger partial charge in [0.05, 0.1) is 13.2 Å². The molecule has 0 aliphatic rings. The number of hydrogen-bond donors (Lipinski definition) is 6. The van der Waals surface area contributed by atoms with Crippen LogP contribution in [-0.4, -0.2) is 93.8 Å². The topological polar surface area (TPSA) is 106 Å². The minimum Gasteiger partial charge on any atom is -0.395 e. The Labute approximate surface area is 116 Å². The number of aliphatic hydroxyl groups is 2. The largest absolute Gasteiger partial charge is 0.395 e. The van der Waals surface area contributed by atoms with Gasteiger partial charge in [-0.3, -0.25) is 4.90 Å². The normalized spacial score (nSPS) is 11.4. The summed E-state index contributed by atoms with van der Waals surface area (Å²) in [5, 5.41) is 26.9. The summed E-state index contributed by atoms with van der Waals surface area (Å²) in [5.41, 5.74) is 5.59. The van der Waals surface area contributed by atoms with Crippen LogP contribution in [0.1, 0.15) is 0 Å². The fourth-order valence-electron chi connectivity index (χ4n) is 1.70. The number of nitrogens with one attached hydrogen (secondary N) is 3. The Hall–Kier alpha value is -0.280. The van der Waals surface area contributed by atoms with Gasteiger partial charge < -0.3 is 31.9 Å². The van der Waals surface area contributed by atoms with Crippen LogP contribution < -0.4 is 21.7 Å². The fourth-order valence-corrected chi connectivity index (χ4v) is 1.70. The van der Waals surface area contributed by atoms with Crippen LogP contribution in [0.25, 0.3) is 0 Å². The predicted molar refractivity (Wildman–Crippen MR) is 78.3 cm³/mol. The Morgan fingerprint density at radius 3 is 1.63 bits per heavy atom. The predicted octanol–water partition coefficient (Wildman–Crippen LogP) is -3.00. The van der Waals surface area contributed by atoms with Gasteiger partial charge in [0.1, 0.15) is 0 Å². The maximum absolute atomic E-state index is 8.67. The van der Waals surface area contributed by atoms with Crippen molar-refractivity contribution >= 4 is 0 Å². The molecule has 0 saturated carbocycles. The van der Waals surface area contributed by atoms with Crippen LogP contribution in [0.15, 0.2) is 0 Å². The molecule has 0 heterocycles. The Balaban J connectivity index is 3.42. The van der Waals surface area contributed by atoms with Gasteiger partial charge >= 0.3 is 0 Å². The van der Waals surface area contributed by atoms with Crippen LogP contribution in [0, 0.1) is 0 Å². The first-order valence-corrected chi connectivity index (χ1v) is 7.11. The number of rotatable bonds is 15. The van der Waals surface area contributed by atoms with Crippen molar-refractivity contribution in [1.29, 1.82) is 0 Å². The Morgan fingerprint density at radius 1 is 0.684 bits per heavy atom. The van der Waals surface area contributed by atoms with Crippen LogP contribution in [-0.2, 0) is 0 Å². The van der Waals surface area contributed by atoms with Crippen molar-refractivity contribution in [2.24, 2.45) is 5.73 Å². The molecule has 0 fully saturated rings. The Kier molecular flexibility index (Phi) is 15.5. The average molecular weight is 277 g/mol. The molecular weight excluding hydrogens is 246 g/mol. The van der Waals surface area contributed by atoms with Crippen molar-refractivity contribution in [3.05, 3.63) is 0 Å². The lowest BCUT2D eigenvalue weighted by Gasteiger charge is -2.22. The molecule has 0 aliphatic heterocycles. The summed E-state index contributed by atoms with van der Waals surface area (Å²) in [6, 6.07) is 0. The molecule has 0 aromatic rings. The van der Waals surface area contributed by atoms with Crippen molar-refractivity contribution in [2.45, 2.75) is 0 Å². The zero-order valence-electron chi connectivity index (χ0n) is 11.9.